The molecule has 1 aliphatic heterocycles. The lowest BCUT2D eigenvalue weighted by Crippen LogP contribution is -2.32. The number of amides is 1. The van der Waals surface area contributed by atoms with E-state index in [1.165, 1.54) is 13.8 Å². The molecule has 0 spiro atoms. The average Bonchev–Trinajstić information content (AvgIpc) is 3.34. The van der Waals surface area contributed by atoms with Gasteiger partial charge >= 0.3 is 24.6 Å². The molecule has 0 aliphatic carbocycles. The third kappa shape index (κ3) is 6.43. The number of benzene rings is 3. The van der Waals surface area contributed by atoms with Gasteiger partial charge in [-0.15, -0.1) is 0 Å². The van der Waals surface area contributed by atoms with Crippen LogP contribution in [0.3, 0.4) is 0 Å². The minimum Gasteiger partial charge on any atom is -0.496 e. The number of rotatable bonds is 6. The second-order valence-electron chi connectivity index (χ2n) is 9.92. The summed E-state index contributed by atoms with van der Waals surface area (Å²) in [6.45, 7) is -4.79. The maximum absolute atomic E-state index is 15.4. The van der Waals surface area contributed by atoms with E-state index in [9.17, 15) is 44.3 Å². The number of carbonyl (C=O) groups excluding carboxylic acids is 1. The van der Waals surface area contributed by atoms with E-state index >= 15 is 4.39 Å². The zero-order valence-corrected chi connectivity index (χ0v) is 22.3. The average molecular weight is 646 g/mol. The molecule has 1 aliphatic rings. The number of nitrogens with zero attached hydrogens (tertiary/aromatic N) is 1. The zero-order valence-electron chi connectivity index (χ0n) is 30.3. The van der Waals surface area contributed by atoms with E-state index in [1.54, 1.807) is 0 Å². The number of halogens is 10. The summed E-state index contributed by atoms with van der Waals surface area (Å²) in [4.78, 5) is 13.1. The van der Waals surface area contributed by atoms with Crippen LogP contribution in [0.1, 0.15) is 77.1 Å². The van der Waals surface area contributed by atoms with Gasteiger partial charge < -0.3 is 9.47 Å². The van der Waals surface area contributed by atoms with Gasteiger partial charge in [-0.2, -0.15) is 39.5 Å². The lowest BCUT2D eigenvalue weighted by Gasteiger charge is -2.25. The molecule has 0 unspecified atom stereocenters. The van der Waals surface area contributed by atoms with E-state index in [-0.39, 0.29) is 29.2 Å². The Hall–Kier alpha value is -3.97. The van der Waals surface area contributed by atoms with Gasteiger partial charge in [-0.1, -0.05) is 19.9 Å². The molecule has 238 valence electrons. The maximum Gasteiger partial charge on any atom is 0.416 e. The van der Waals surface area contributed by atoms with Crippen LogP contribution in [-0.2, 0) is 29.8 Å². The Morgan fingerprint density at radius 2 is 1.52 bits per heavy atom. The summed E-state index contributed by atoms with van der Waals surface area (Å²) in [5, 5.41) is 0. The van der Waals surface area contributed by atoms with Crippen molar-refractivity contribution < 1.29 is 69.1 Å². The van der Waals surface area contributed by atoms with Crippen LogP contribution in [0.4, 0.5) is 48.7 Å². The van der Waals surface area contributed by atoms with Gasteiger partial charge in [-0.25, -0.2) is 9.18 Å². The number of ether oxygens (including phenoxy) is 2. The lowest BCUT2D eigenvalue weighted by molar-refractivity contribution is -0.143. The molecule has 4 nitrogen and oxygen atoms in total. The van der Waals surface area contributed by atoms with Crippen LogP contribution >= 0.6 is 0 Å². The third-order valence-corrected chi connectivity index (χ3v) is 6.63. The minimum atomic E-state index is -5.46. The summed E-state index contributed by atoms with van der Waals surface area (Å²) in [5.74, 6) is -2.70. The van der Waals surface area contributed by atoms with Gasteiger partial charge in [0, 0.05) is 15.2 Å². The fourth-order valence-corrected chi connectivity index (χ4v) is 4.65. The molecule has 3 aromatic rings. The van der Waals surface area contributed by atoms with Crippen LogP contribution in [0.15, 0.2) is 48.5 Å². The van der Waals surface area contributed by atoms with Crippen molar-refractivity contribution in [2.45, 2.75) is 63.8 Å². The van der Waals surface area contributed by atoms with Crippen molar-refractivity contribution in [3.8, 4) is 16.9 Å². The summed E-state index contributed by atoms with van der Waals surface area (Å²) in [6.07, 6.45) is -20.8. The summed E-state index contributed by atoms with van der Waals surface area (Å²) >= 11 is 0. The Morgan fingerprint density at radius 3 is 2.05 bits per heavy atom. The van der Waals surface area contributed by atoms with Crippen molar-refractivity contribution in [2.75, 3.05) is 7.04 Å². The summed E-state index contributed by atoms with van der Waals surface area (Å²) in [7, 11) is -3.27. The highest BCUT2D eigenvalue weighted by molar-refractivity contribution is 5.79. The number of hydrogen-bond donors (Lipinski definition) is 0. The molecule has 0 saturated carbocycles. The molecule has 0 bridgehead atoms. The minimum absolute atomic E-state index is 0.0425. The van der Waals surface area contributed by atoms with Gasteiger partial charge in [0.25, 0.3) is 0 Å². The molecule has 1 saturated heterocycles. The van der Waals surface area contributed by atoms with E-state index in [4.69, 9.17) is 20.4 Å². The fraction of sp³-hybridized carbons (Fsp3) is 0.367. The van der Waals surface area contributed by atoms with Crippen LogP contribution in [0.2, 0.25) is 0 Å². The molecule has 0 N–H and O–H groups in total. The van der Waals surface area contributed by atoms with Crippen molar-refractivity contribution in [2.24, 2.45) is 0 Å². The molecule has 0 radical (unpaired) electrons. The SMILES string of the molecule is [2H]C([2H])([2H])Oc1ccc(F)c(C(C)C)c1-c1ccc(C(F)(F)F)cc1C([2H])([2H])N1C(=O)O[C@H](c2cc(C(F)(F)F)cc(C(F)(F)F)c2)[C@@H]1C([2H])([2H])[2H]. The molecular formula is C30H25F10NO3. The smallest absolute Gasteiger partial charge is 0.416 e. The van der Waals surface area contributed by atoms with E-state index in [0.29, 0.717) is 12.1 Å². The monoisotopic (exact) mass is 645 g/mol. The summed E-state index contributed by atoms with van der Waals surface area (Å²) in [6, 6.07) is -0.412. The molecule has 1 amide bonds. The van der Waals surface area contributed by atoms with Gasteiger partial charge in [0.15, 0.2) is 0 Å². The van der Waals surface area contributed by atoms with Crippen molar-refractivity contribution in [1.82, 2.24) is 4.90 Å². The Kier molecular flexibility index (Phi) is 6.13. The summed E-state index contributed by atoms with van der Waals surface area (Å²) < 4.78 is 214. The van der Waals surface area contributed by atoms with Crippen LogP contribution in [0.5, 0.6) is 5.75 Å². The van der Waals surface area contributed by atoms with Gasteiger partial charge in [0.2, 0.25) is 0 Å². The summed E-state index contributed by atoms with van der Waals surface area (Å²) in [5.41, 5.74) is -9.76. The Morgan fingerprint density at radius 1 is 0.909 bits per heavy atom. The van der Waals surface area contributed by atoms with E-state index < -0.39 is 119 Å². The Bertz CT molecular complexity index is 1820. The predicted octanol–water partition coefficient (Wildman–Crippen LogP) is 9.76. The molecule has 1 fully saturated rings. The standard InChI is InChI=1S/C30H25F10NO3/c1-14(2)24-22(31)7-8-23(43-4)25(24)21-6-5-18(28(32,33)34)11-17(21)13-41-15(3)26(44-27(41)42)16-9-19(29(35,36)37)12-20(10-16)30(38,39)40/h5-12,14-15,26H,13H2,1-4H3/t15-,26-/m0/s1/i3D3,4D3,13D2. The first kappa shape index (κ1) is 23.4. The van der Waals surface area contributed by atoms with Gasteiger partial charge in [-0.3, -0.25) is 4.90 Å². The third-order valence-electron chi connectivity index (χ3n) is 6.63. The van der Waals surface area contributed by atoms with Gasteiger partial charge in [-0.05, 0) is 71.9 Å². The van der Waals surface area contributed by atoms with Crippen LogP contribution in [0, 0.1) is 5.82 Å². The van der Waals surface area contributed by atoms with Crippen LogP contribution in [0.25, 0.3) is 11.1 Å². The van der Waals surface area contributed by atoms with E-state index in [0.717, 1.165) is 12.1 Å². The quantitative estimate of drug-likeness (QED) is 0.251. The second-order valence-corrected chi connectivity index (χ2v) is 9.92. The molecule has 44 heavy (non-hydrogen) atoms. The van der Waals surface area contributed by atoms with Crippen molar-refractivity contribution in [3.63, 3.8) is 0 Å². The molecule has 4 rings (SSSR count). The van der Waals surface area contributed by atoms with Crippen LogP contribution in [-0.4, -0.2) is 24.1 Å². The van der Waals surface area contributed by atoms with E-state index in [2.05, 4.69) is 0 Å². The normalized spacial score (nSPS) is 21.4. The van der Waals surface area contributed by atoms with Crippen molar-refractivity contribution >= 4 is 6.09 Å². The second kappa shape index (κ2) is 11.5. The molecule has 3 aromatic carbocycles. The molecular weight excluding hydrogens is 612 g/mol. The lowest BCUT2D eigenvalue weighted by atomic mass is 9.88. The first-order valence-corrected chi connectivity index (χ1v) is 12.4. The van der Waals surface area contributed by atoms with E-state index in [1.807, 2.05) is 0 Å². The first-order chi connectivity index (χ1) is 23.4. The number of alkyl halides is 9. The number of hydrogen-bond acceptors (Lipinski definition) is 3. The number of cyclic esters (lactones) is 1. The topological polar surface area (TPSA) is 38.8 Å². The Labute approximate surface area is 256 Å². The zero-order chi connectivity index (χ0) is 39.7. The molecule has 14 heteroatoms. The van der Waals surface area contributed by atoms with Crippen LogP contribution < -0.4 is 4.74 Å². The van der Waals surface area contributed by atoms with Crippen molar-refractivity contribution in [3.05, 3.63) is 87.7 Å². The Balaban J connectivity index is 2.07. The molecule has 1 heterocycles. The first-order valence-electron chi connectivity index (χ1n) is 16.4. The highest BCUT2D eigenvalue weighted by atomic mass is 19.4. The predicted molar refractivity (Wildman–Crippen MR) is 138 cm³/mol. The van der Waals surface area contributed by atoms with Gasteiger partial charge in [0.05, 0.1) is 43.1 Å². The molecule has 0 aromatic heterocycles. The fourth-order valence-electron chi connectivity index (χ4n) is 4.65. The number of methoxy groups -OCH3 is 1. The largest absolute Gasteiger partial charge is 0.496 e. The highest BCUT2D eigenvalue weighted by Crippen LogP contribution is 2.45. The van der Waals surface area contributed by atoms with Crippen molar-refractivity contribution in [1.29, 1.82) is 0 Å². The highest BCUT2D eigenvalue weighted by Gasteiger charge is 2.44. The maximum atomic E-state index is 15.4. The van der Waals surface area contributed by atoms with Gasteiger partial charge in [0.1, 0.15) is 17.7 Å². The molecule has 2 atom stereocenters. The number of carbonyl (C=O) groups is 1.